The first-order chi connectivity index (χ1) is 14.2. The lowest BCUT2D eigenvalue weighted by Gasteiger charge is -2.08. The highest BCUT2D eigenvalue weighted by atomic mass is 32.1. The van der Waals surface area contributed by atoms with E-state index < -0.39 is 6.03 Å². The molecule has 0 bridgehead atoms. The normalized spacial score (nSPS) is 10.2. The van der Waals surface area contributed by atoms with Crippen LogP contribution in [0.15, 0.2) is 66.9 Å². The Bertz CT molecular complexity index is 1150. The van der Waals surface area contributed by atoms with E-state index in [0.717, 1.165) is 10.2 Å². The number of anilines is 2. The van der Waals surface area contributed by atoms with E-state index in [9.17, 15) is 4.79 Å². The highest BCUT2D eigenvalue weighted by Crippen LogP contribution is 2.24. The average molecular weight is 402 g/mol. The quantitative estimate of drug-likeness (QED) is 0.424. The summed E-state index contributed by atoms with van der Waals surface area (Å²) in [5, 5.41) is 12.1. The Morgan fingerprint density at radius 2 is 1.90 bits per heavy atom. The van der Waals surface area contributed by atoms with Crippen molar-refractivity contribution in [3.05, 3.63) is 72.4 Å². The topological polar surface area (TPSA) is 112 Å². The SMILES string of the molecule is N#Cc1ccc(Oc2ccc(NC(=O)NNc3nc4ccccc4s3)cn2)cc1. The van der Waals surface area contributed by atoms with Gasteiger partial charge in [0.2, 0.25) is 11.0 Å². The number of urea groups is 1. The highest BCUT2D eigenvalue weighted by Gasteiger charge is 2.06. The number of para-hydroxylation sites is 1. The van der Waals surface area contributed by atoms with Gasteiger partial charge in [0, 0.05) is 6.07 Å². The molecule has 0 fully saturated rings. The predicted molar refractivity (Wildman–Crippen MR) is 111 cm³/mol. The van der Waals surface area contributed by atoms with Gasteiger partial charge in [-0.15, -0.1) is 0 Å². The third kappa shape index (κ3) is 4.58. The van der Waals surface area contributed by atoms with E-state index in [4.69, 9.17) is 10.00 Å². The van der Waals surface area contributed by atoms with E-state index in [0.29, 0.717) is 28.0 Å². The Kier molecular flexibility index (Phi) is 5.18. The molecule has 3 N–H and O–H groups in total. The molecular formula is C20H14N6O2S. The number of hydrazine groups is 1. The summed E-state index contributed by atoms with van der Waals surface area (Å²) in [6.07, 6.45) is 1.48. The fourth-order valence-electron chi connectivity index (χ4n) is 2.43. The molecule has 2 aromatic carbocycles. The molecular weight excluding hydrogens is 388 g/mol. The van der Waals surface area contributed by atoms with Gasteiger partial charge >= 0.3 is 6.03 Å². The van der Waals surface area contributed by atoms with Gasteiger partial charge in [0.05, 0.1) is 33.7 Å². The number of ether oxygens (including phenoxy) is 1. The molecule has 0 aliphatic heterocycles. The smallest absolute Gasteiger partial charge is 0.337 e. The van der Waals surface area contributed by atoms with Crippen LogP contribution in [0, 0.1) is 11.3 Å². The van der Waals surface area contributed by atoms with Gasteiger partial charge in [-0.1, -0.05) is 23.5 Å². The molecule has 0 aliphatic rings. The zero-order valence-corrected chi connectivity index (χ0v) is 15.7. The molecule has 0 radical (unpaired) electrons. The summed E-state index contributed by atoms with van der Waals surface area (Å²) in [5.41, 5.74) is 7.24. The maximum atomic E-state index is 12.0. The Morgan fingerprint density at radius 3 is 2.62 bits per heavy atom. The van der Waals surface area contributed by atoms with Crippen LogP contribution in [-0.4, -0.2) is 16.0 Å². The zero-order valence-electron chi connectivity index (χ0n) is 14.9. The molecule has 8 nitrogen and oxygen atoms in total. The number of carbonyl (C=O) groups excluding carboxylic acids is 1. The van der Waals surface area contributed by atoms with Crippen molar-refractivity contribution in [2.75, 3.05) is 10.7 Å². The fraction of sp³-hybridized carbons (Fsp3) is 0. The molecule has 9 heteroatoms. The summed E-state index contributed by atoms with van der Waals surface area (Å²) in [5.74, 6) is 0.934. The number of thiazole rings is 1. The molecule has 0 unspecified atom stereocenters. The summed E-state index contributed by atoms with van der Waals surface area (Å²) in [6.45, 7) is 0. The molecule has 0 spiro atoms. The molecule has 4 rings (SSSR count). The van der Waals surface area contributed by atoms with Crippen molar-refractivity contribution < 1.29 is 9.53 Å². The Hall–Kier alpha value is -4.16. The number of benzene rings is 2. The highest BCUT2D eigenvalue weighted by molar-refractivity contribution is 7.22. The second-order valence-electron chi connectivity index (χ2n) is 5.81. The molecule has 29 heavy (non-hydrogen) atoms. The number of nitriles is 1. The average Bonchev–Trinajstić information content (AvgIpc) is 3.17. The Labute approximate surface area is 169 Å². The molecule has 0 saturated heterocycles. The van der Waals surface area contributed by atoms with Gasteiger partial charge in [0.1, 0.15) is 5.75 Å². The van der Waals surface area contributed by atoms with Crippen molar-refractivity contribution in [3.63, 3.8) is 0 Å². The number of fused-ring (bicyclic) bond motifs is 1. The van der Waals surface area contributed by atoms with E-state index in [-0.39, 0.29) is 0 Å². The van der Waals surface area contributed by atoms with Crippen molar-refractivity contribution in [3.8, 4) is 17.7 Å². The van der Waals surface area contributed by atoms with Gasteiger partial charge in [-0.3, -0.25) is 5.43 Å². The van der Waals surface area contributed by atoms with E-state index in [2.05, 4.69) is 26.1 Å². The number of amides is 2. The van der Waals surface area contributed by atoms with Crippen LogP contribution in [0.2, 0.25) is 0 Å². The van der Waals surface area contributed by atoms with Crippen LogP contribution in [0.5, 0.6) is 11.6 Å². The van der Waals surface area contributed by atoms with Crippen LogP contribution in [0.3, 0.4) is 0 Å². The second kappa shape index (κ2) is 8.24. The van der Waals surface area contributed by atoms with Crippen LogP contribution in [0.25, 0.3) is 10.2 Å². The lowest BCUT2D eigenvalue weighted by Crippen LogP contribution is -2.33. The van der Waals surface area contributed by atoms with Crippen LogP contribution in [0.4, 0.5) is 15.6 Å². The van der Waals surface area contributed by atoms with Gasteiger partial charge in [-0.05, 0) is 42.5 Å². The standard InChI is InChI=1S/C20H14N6O2S/c21-11-13-5-8-15(9-6-13)28-18-10-7-14(12-22-18)23-19(27)25-26-20-24-16-3-1-2-4-17(16)29-20/h1-10,12H,(H,24,26)(H2,23,25,27). The summed E-state index contributed by atoms with van der Waals surface area (Å²) >= 11 is 1.44. The van der Waals surface area contributed by atoms with Crippen molar-refractivity contribution in [1.82, 2.24) is 15.4 Å². The lowest BCUT2D eigenvalue weighted by atomic mass is 10.2. The molecule has 2 heterocycles. The Morgan fingerprint density at radius 1 is 1.07 bits per heavy atom. The zero-order chi connectivity index (χ0) is 20.1. The third-order valence-electron chi connectivity index (χ3n) is 3.78. The molecule has 2 amide bonds. The maximum absolute atomic E-state index is 12.0. The number of nitrogens with zero attached hydrogens (tertiary/aromatic N) is 3. The van der Waals surface area contributed by atoms with Crippen LogP contribution < -0.4 is 20.9 Å². The van der Waals surface area contributed by atoms with Gasteiger partial charge < -0.3 is 10.1 Å². The van der Waals surface area contributed by atoms with Crippen LogP contribution >= 0.6 is 11.3 Å². The molecule has 0 aliphatic carbocycles. The molecule has 4 aromatic rings. The molecule has 2 aromatic heterocycles. The number of hydrogen-bond acceptors (Lipinski definition) is 7. The number of pyridine rings is 1. The lowest BCUT2D eigenvalue weighted by molar-refractivity contribution is 0.254. The van der Waals surface area contributed by atoms with E-state index in [1.54, 1.807) is 36.4 Å². The second-order valence-corrected chi connectivity index (χ2v) is 6.84. The van der Waals surface area contributed by atoms with Crippen molar-refractivity contribution in [2.45, 2.75) is 0 Å². The predicted octanol–water partition coefficient (Wildman–Crippen LogP) is 4.50. The summed E-state index contributed by atoms with van der Waals surface area (Å²) in [6, 6.07) is 19.3. The molecule has 0 saturated carbocycles. The number of nitrogens with one attached hydrogen (secondary N) is 3. The first kappa shape index (κ1) is 18.2. The Balaban J connectivity index is 1.30. The van der Waals surface area contributed by atoms with E-state index in [1.807, 2.05) is 30.3 Å². The van der Waals surface area contributed by atoms with Crippen molar-refractivity contribution in [2.24, 2.45) is 0 Å². The molecule has 0 atom stereocenters. The number of aromatic nitrogens is 2. The monoisotopic (exact) mass is 402 g/mol. The first-order valence-electron chi connectivity index (χ1n) is 8.52. The first-order valence-corrected chi connectivity index (χ1v) is 9.34. The minimum Gasteiger partial charge on any atom is -0.439 e. The minimum atomic E-state index is -0.452. The van der Waals surface area contributed by atoms with E-state index in [1.165, 1.54) is 17.5 Å². The van der Waals surface area contributed by atoms with Crippen molar-refractivity contribution >= 4 is 38.4 Å². The van der Waals surface area contributed by atoms with Gasteiger partial charge in [-0.25, -0.2) is 20.2 Å². The number of carbonyl (C=O) groups is 1. The maximum Gasteiger partial charge on any atom is 0.337 e. The van der Waals surface area contributed by atoms with Gasteiger partial charge in [0.15, 0.2) is 0 Å². The van der Waals surface area contributed by atoms with Gasteiger partial charge in [0.25, 0.3) is 0 Å². The van der Waals surface area contributed by atoms with Crippen LogP contribution in [0.1, 0.15) is 5.56 Å². The molecule has 142 valence electrons. The summed E-state index contributed by atoms with van der Waals surface area (Å²) < 4.78 is 6.63. The van der Waals surface area contributed by atoms with Gasteiger partial charge in [-0.2, -0.15) is 5.26 Å². The van der Waals surface area contributed by atoms with E-state index >= 15 is 0 Å². The van der Waals surface area contributed by atoms with Crippen LogP contribution in [-0.2, 0) is 0 Å². The summed E-state index contributed by atoms with van der Waals surface area (Å²) in [7, 11) is 0. The number of rotatable bonds is 5. The van der Waals surface area contributed by atoms with Crippen molar-refractivity contribution in [1.29, 1.82) is 5.26 Å². The number of hydrogen-bond donors (Lipinski definition) is 3. The minimum absolute atomic E-state index is 0.369. The fourth-order valence-corrected chi connectivity index (χ4v) is 3.25. The third-order valence-corrected chi connectivity index (χ3v) is 4.73. The summed E-state index contributed by atoms with van der Waals surface area (Å²) in [4.78, 5) is 20.6. The largest absolute Gasteiger partial charge is 0.439 e.